The van der Waals surface area contributed by atoms with Gasteiger partial charge in [0.15, 0.2) is 0 Å². The number of carbonyl (C=O) groups excluding carboxylic acids is 1. The van der Waals surface area contributed by atoms with Crippen LogP contribution in [0.25, 0.3) is 0 Å². The Hall–Kier alpha value is -1.32. The topological polar surface area (TPSA) is 63.6 Å². The Morgan fingerprint density at radius 3 is 1.65 bits per heavy atom. The normalized spacial score (nSPS) is 11.0. The highest BCUT2D eigenvalue weighted by Crippen LogP contribution is 2.13. The highest BCUT2D eigenvalue weighted by molar-refractivity contribution is 5.81. The third kappa shape index (κ3) is 18.6. The number of methoxy groups -OCH3 is 1. The zero-order valence-electron chi connectivity index (χ0n) is 14.7. The number of unbranched alkanes of at least 4 members (excludes halogenated alkanes) is 12. The number of hydrogen-bond acceptors (Lipinski definition) is 3. The smallest absolute Gasteiger partial charge is 0.330 e. The van der Waals surface area contributed by atoms with Crippen molar-refractivity contribution in [2.24, 2.45) is 0 Å². The summed E-state index contributed by atoms with van der Waals surface area (Å²) in [5, 5.41) is 8.53. The third-order valence-electron chi connectivity index (χ3n) is 3.97. The first-order valence-corrected chi connectivity index (χ1v) is 9.13. The lowest BCUT2D eigenvalue weighted by Crippen LogP contribution is -1.93. The summed E-state index contributed by atoms with van der Waals surface area (Å²) in [5.74, 6) is -0.948. The molecule has 0 aromatic rings. The Morgan fingerprint density at radius 2 is 1.22 bits per heavy atom. The molecule has 0 aliphatic carbocycles. The number of rotatable bonds is 16. The lowest BCUT2D eigenvalue weighted by Gasteiger charge is -2.02. The summed E-state index contributed by atoms with van der Waals surface area (Å²) in [4.78, 5) is 21.2. The summed E-state index contributed by atoms with van der Waals surface area (Å²) in [6.07, 6.45) is 19.1. The van der Waals surface area contributed by atoms with E-state index < -0.39 is 5.97 Å². The molecular formula is C19H34O4. The van der Waals surface area contributed by atoms with Crippen LogP contribution in [-0.4, -0.2) is 24.2 Å². The average Bonchev–Trinajstić information content (AvgIpc) is 2.53. The summed E-state index contributed by atoms with van der Waals surface area (Å²) < 4.78 is 4.53. The number of esters is 1. The molecule has 0 bridgehead atoms. The van der Waals surface area contributed by atoms with Gasteiger partial charge >= 0.3 is 11.9 Å². The van der Waals surface area contributed by atoms with E-state index in [0.717, 1.165) is 25.7 Å². The standard InChI is InChI=1S/C19H34O4/c1-23-19(22)17-15-13-11-9-7-5-3-2-4-6-8-10-12-14-16-18(20)21/h15,17H,2-14,16H2,1H3,(H,20,21). The quantitative estimate of drug-likeness (QED) is 0.239. The number of carboxylic acid groups (broad SMARTS) is 1. The van der Waals surface area contributed by atoms with E-state index in [1.54, 1.807) is 0 Å². The van der Waals surface area contributed by atoms with Gasteiger partial charge in [-0.2, -0.15) is 0 Å². The van der Waals surface area contributed by atoms with Gasteiger partial charge in [-0.05, 0) is 19.3 Å². The molecule has 0 aromatic heterocycles. The van der Waals surface area contributed by atoms with Crippen LogP contribution in [0.4, 0.5) is 0 Å². The maximum absolute atomic E-state index is 10.8. The van der Waals surface area contributed by atoms with E-state index in [9.17, 15) is 9.59 Å². The Labute approximate surface area is 141 Å². The third-order valence-corrected chi connectivity index (χ3v) is 3.97. The van der Waals surface area contributed by atoms with E-state index >= 15 is 0 Å². The van der Waals surface area contributed by atoms with Crippen molar-refractivity contribution in [2.45, 2.75) is 89.9 Å². The molecule has 4 nitrogen and oxygen atoms in total. The number of allylic oxidation sites excluding steroid dienone is 1. The van der Waals surface area contributed by atoms with Crippen molar-refractivity contribution in [3.63, 3.8) is 0 Å². The monoisotopic (exact) mass is 326 g/mol. The molecule has 134 valence electrons. The van der Waals surface area contributed by atoms with Crippen molar-refractivity contribution < 1.29 is 19.4 Å². The maximum atomic E-state index is 10.8. The van der Waals surface area contributed by atoms with Crippen molar-refractivity contribution in [1.82, 2.24) is 0 Å². The van der Waals surface area contributed by atoms with Crippen molar-refractivity contribution in [3.05, 3.63) is 12.2 Å². The molecule has 1 N–H and O–H groups in total. The Balaban J connectivity index is 3.09. The molecule has 0 heterocycles. The summed E-state index contributed by atoms with van der Waals surface area (Å²) in [7, 11) is 1.39. The van der Waals surface area contributed by atoms with Gasteiger partial charge in [0.2, 0.25) is 0 Å². The lowest BCUT2D eigenvalue weighted by atomic mass is 10.0. The maximum Gasteiger partial charge on any atom is 0.330 e. The molecule has 0 fully saturated rings. The van der Waals surface area contributed by atoms with Gasteiger partial charge < -0.3 is 9.84 Å². The fourth-order valence-electron chi connectivity index (χ4n) is 2.55. The molecule has 0 rings (SSSR count). The Morgan fingerprint density at radius 1 is 0.783 bits per heavy atom. The summed E-state index contributed by atoms with van der Waals surface area (Å²) in [6.45, 7) is 0. The zero-order chi connectivity index (χ0) is 17.2. The first-order chi connectivity index (χ1) is 11.2. The van der Waals surface area contributed by atoms with Crippen LogP contribution in [0.2, 0.25) is 0 Å². The second-order valence-corrected chi connectivity index (χ2v) is 6.10. The molecule has 0 saturated carbocycles. The predicted molar refractivity (Wildman–Crippen MR) is 93.4 cm³/mol. The molecule has 0 atom stereocenters. The van der Waals surface area contributed by atoms with Gasteiger partial charge in [-0.25, -0.2) is 4.79 Å². The molecule has 0 aromatic carbocycles. The largest absolute Gasteiger partial charge is 0.481 e. The van der Waals surface area contributed by atoms with Crippen LogP contribution in [0.5, 0.6) is 0 Å². The van der Waals surface area contributed by atoms with E-state index in [2.05, 4.69) is 4.74 Å². The fraction of sp³-hybridized carbons (Fsp3) is 0.789. The minimum absolute atomic E-state index is 0.271. The van der Waals surface area contributed by atoms with E-state index in [1.807, 2.05) is 6.08 Å². The molecule has 0 unspecified atom stereocenters. The van der Waals surface area contributed by atoms with Crippen LogP contribution in [0.15, 0.2) is 12.2 Å². The van der Waals surface area contributed by atoms with Crippen LogP contribution in [-0.2, 0) is 14.3 Å². The number of aliphatic carboxylic acids is 1. The SMILES string of the molecule is COC(=O)C=CCCCCCCCCCCCCCCC(=O)O. The Bertz CT molecular complexity index is 323. The van der Waals surface area contributed by atoms with Crippen LogP contribution >= 0.6 is 0 Å². The van der Waals surface area contributed by atoms with E-state index in [0.29, 0.717) is 6.42 Å². The van der Waals surface area contributed by atoms with Gasteiger partial charge in [0.05, 0.1) is 7.11 Å². The first-order valence-electron chi connectivity index (χ1n) is 9.13. The van der Waals surface area contributed by atoms with Crippen molar-refractivity contribution in [1.29, 1.82) is 0 Å². The number of carbonyl (C=O) groups is 2. The van der Waals surface area contributed by atoms with Gasteiger partial charge in [-0.1, -0.05) is 70.3 Å². The molecule has 0 radical (unpaired) electrons. The molecule has 0 amide bonds. The molecule has 4 heteroatoms. The molecule has 23 heavy (non-hydrogen) atoms. The zero-order valence-corrected chi connectivity index (χ0v) is 14.7. The minimum Gasteiger partial charge on any atom is -0.481 e. The number of ether oxygens (including phenoxy) is 1. The minimum atomic E-state index is -0.676. The highest BCUT2D eigenvalue weighted by Gasteiger charge is 1.97. The van der Waals surface area contributed by atoms with E-state index in [-0.39, 0.29) is 5.97 Å². The van der Waals surface area contributed by atoms with Gasteiger partial charge in [0.25, 0.3) is 0 Å². The first kappa shape index (κ1) is 21.7. The lowest BCUT2D eigenvalue weighted by molar-refractivity contribution is -0.137. The number of hydrogen-bond donors (Lipinski definition) is 1. The van der Waals surface area contributed by atoms with E-state index in [4.69, 9.17) is 5.11 Å². The second-order valence-electron chi connectivity index (χ2n) is 6.10. The van der Waals surface area contributed by atoms with Crippen LogP contribution < -0.4 is 0 Å². The molecular weight excluding hydrogens is 292 g/mol. The van der Waals surface area contributed by atoms with E-state index in [1.165, 1.54) is 71.0 Å². The van der Waals surface area contributed by atoms with Crippen LogP contribution in [0.3, 0.4) is 0 Å². The van der Waals surface area contributed by atoms with Crippen LogP contribution in [0.1, 0.15) is 89.9 Å². The second kappa shape index (κ2) is 17.0. The van der Waals surface area contributed by atoms with Crippen molar-refractivity contribution >= 4 is 11.9 Å². The fourth-order valence-corrected chi connectivity index (χ4v) is 2.55. The molecule has 0 aliphatic rings. The van der Waals surface area contributed by atoms with Gasteiger partial charge in [0.1, 0.15) is 0 Å². The van der Waals surface area contributed by atoms with Crippen molar-refractivity contribution in [2.75, 3.05) is 7.11 Å². The van der Waals surface area contributed by atoms with Gasteiger partial charge in [-0.15, -0.1) is 0 Å². The highest BCUT2D eigenvalue weighted by atomic mass is 16.5. The Kier molecular flexibility index (Phi) is 16.1. The van der Waals surface area contributed by atoms with Crippen molar-refractivity contribution in [3.8, 4) is 0 Å². The number of carboxylic acids is 1. The molecule has 0 aliphatic heterocycles. The van der Waals surface area contributed by atoms with Crippen LogP contribution in [0, 0.1) is 0 Å². The summed E-state index contributed by atoms with van der Waals surface area (Å²) >= 11 is 0. The summed E-state index contributed by atoms with van der Waals surface area (Å²) in [5.41, 5.74) is 0. The predicted octanol–water partition coefficient (Wildman–Crippen LogP) is 5.26. The molecule has 0 saturated heterocycles. The average molecular weight is 326 g/mol. The molecule has 0 spiro atoms. The summed E-state index contributed by atoms with van der Waals surface area (Å²) in [6, 6.07) is 0. The van der Waals surface area contributed by atoms with Gasteiger partial charge in [0, 0.05) is 12.5 Å². The van der Waals surface area contributed by atoms with Gasteiger partial charge in [-0.3, -0.25) is 4.79 Å².